The van der Waals surface area contributed by atoms with Crippen molar-refractivity contribution in [1.29, 1.82) is 0 Å². The van der Waals surface area contributed by atoms with Gasteiger partial charge in [-0.05, 0) is 17.7 Å². The summed E-state index contributed by atoms with van der Waals surface area (Å²) in [5.74, 6) is -2.69. The summed E-state index contributed by atoms with van der Waals surface area (Å²) in [7, 11) is -3.59. The van der Waals surface area contributed by atoms with E-state index in [0.29, 0.717) is 5.56 Å². The molecule has 0 aromatic heterocycles. The lowest BCUT2D eigenvalue weighted by atomic mass is 10.1. The molecule has 1 aliphatic rings. The Labute approximate surface area is 103 Å². The molecule has 18 heavy (non-hydrogen) atoms. The number of benzene rings is 1. The van der Waals surface area contributed by atoms with Crippen LogP contribution in [0.5, 0.6) is 0 Å². The molecule has 1 aromatic carbocycles. The highest BCUT2D eigenvalue weighted by Crippen LogP contribution is 2.53. The number of carboxylic acids is 1. The molecular weight excluding hydrogens is 261 g/mol. The van der Waals surface area contributed by atoms with Crippen LogP contribution in [0.3, 0.4) is 0 Å². The average Bonchev–Trinajstić information content (AvgIpc) is 2.87. The molecule has 7 heteroatoms. The van der Waals surface area contributed by atoms with Crippen molar-refractivity contribution in [3.05, 3.63) is 35.6 Å². The molecule has 0 bridgehead atoms. The van der Waals surface area contributed by atoms with Crippen LogP contribution in [-0.4, -0.2) is 36.5 Å². The Morgan fingerprint density at radius 1 is 1.39 bits per heavy atom. The predicted octanol–water partition coefficient (Wildman–Crippen LogP) is 0.118. The van der Waals surface area contributed by atoms with Crippen LogP contribution >= 0.6 is 0 Å². The molecule has 0 saturated heterocycles. The van der Waals surface area contributed by atoms with Gasteiger partial charge in [0.15, 0.2) is 9.84 Å². The monoisotopic (exact) mass is 273 g/mol. The molecule has 1 saturated carbocycles. The average molecular weight is 273 g/mol. The Morgan fingerprint density at radius 2 is 1.89 bits per heavy atom. The van der Waals surface area contributed by atoms with E-state index in [-0.39, 0.29) is 0 Å². The molecule has 0 spiro atoms. The van der Waals surface area contributed by atoms with E-state index in [4.69, 9.17) is 10.8 Å². The largest absolute Gasteiger partial charge is 0.480 e. The fourth-order valence-electron chi connectivity index (χ4n) is 2.35. The highest BCUT2D eigenvalue weighted by molar-refractivity contribution is 7.91. The molecule has 0 amide bonds. The van der Waals surface area contributed by atoms with Crippen molar-refractivity contribution in [2.24, 2.45) is 5.73 Å². The van der Waals surface area contributed by atoms with Crippen molar-refractivity contribution in [3.63, 3.8) is 0 Å². The van der Waals surface area contributed by atoms with Gasteiger partial charge in [-0.3, -0.25) is 4.79 Å². The van der Waals surface area contributed by atoms with Crippen LogP contribution in [0.15, 0.2) is 24.3 Å². The van der Waals surface area contributed by atoms with E-state index in [0.717, 1.165) is 18.4 Å². The van der Waals surface area contributed by atoms with Crippen molar-refractivity contribution < 1.29 is 22.7 Å². The van der Waals surface area contributed by atoms with Crippen LogP contribution < -0.4 is 5.73 Å². The third-order valence-electron chi connectivity index (χ3n) is 3.24. The number of hydrogen-bond donors (Lipinski definition) is 2. The smallest absolute Gasteiger partial charge is 0.325 e. The van der Waals surface area contributed by atoms with Gasteiger partial charge >= 0.3 is 5.97 Å². The SMILES string of the molecule is CS(=O)(=O)[C@@H]1[C@H](c2ccc(F)cc2)[C@@]1(N)C(=O)O. The lowest BCUT2D eigenvalue weighted by molar-refractivity contribution is -0.139. The van der Waals surface area contributed by atoms with Crippen molar-refractivity contribution >= 4 is 15.8 Å². The first-order valence-corrected chi connectivity index (χ1v) is 7.11. The first-order valence-electron chi connectivity index (χ1n) is 5.15. The predicted molar refractivity (Wildman–Crippen MR) is 62.3 cm³/mol. The Bertz CT molecular complexity index is 598. The van der Waals surface area contributed by atoms with Crippen LogP contribution in [0.25, 0.3) is 0 Å². The fraction of sp³-hybridized carbons (Fsp3) is 0.364. The minimum atomic E-state index is -3.59. The van der Waals surface area contributed by atoms with Gasteiger partial charge in [-0.2, -0.15) is 0 Å². The van der Waals surface area contributed by atoms with Crippen molar-refractivity contribution in [2.75, 3.05) is 6.26 Å². The van der Waals surface area contributed by atoms with E-state index in [9.17, 15) is 17.6 Å². The fourth-order valence-corrected chi connectivity index (χ4v) is 4.11. The molecule has 0 radical (unpaired) electrons. The van der Waals surface area contributed by atoms with Gasteiger partial charge in [0.05, 0.1) is 5.25 Å². The minimum Gasteiger partial charge on any atom is -0.480 e. The third-order valence-corrected chi connectivity index (χ3v) is 4.82. The standard InChI is InChI=1S/C11H12FNO4S/c1-18(16,17)9-8(11(9,13)10(14)15)6-2-4-7(12)5-3-6/h2-5,8-9H,13H2,1H3,(H,14,15)/t8-,9+,11-/m0/s1. The number of hydrogen-bond acceptors (Lipinski definition) is 4. The first-order chi connectivity index (χ1) is 8.19. The van der Waals surface area contributed by atoms with E-state index >= 15 is 0 Å². The van der Waals surface area contributed by atoms with Crippen LogP contribution in [0.2, 0.25) is 0 Å². The highest BCUT2D eigenvalue weighted by Gasteiger charge is 2.73. The molecule has 0 aliphatic heterocycles. The zero-order valence-corrected chi connectivity index (χ0v) is 10.3. The van der Waals surface area contributed by atoms with Crippen LogP contribution in [0.4, 0.5) is 4.39 Å². The number of aliphatic carboxylic acids is 1. The number of rotatable bonds is 3. The Balaban J connectivity index is 2.45. The Kier molecular flexibility index (Phi) is 2.71. The van der Waals surface area contributed by atoms with Crippen molar-refractivity contribution in [2.45, 2.75) is 16.7 Å². The normalized spacial score (nSPS) is 31.1. The molecule has 3 atom stereocenters. The maximum absolute atomic E-state index is 12.8. The summed E-state index contributed by atoms with van der Waals surface area (Å²) in [5.41, 5.74) is 4.25. The van der Waals surface area contributed by atoms with Gasteiger partial charge in [-0.1, -0.05) is 12.1 Å². The van der Waals surface area contributed by atoms with Gasteiger partial charge in [-0.25, -0.2) is 12.8 Å². The summed E-state index contributed by atoms with van der Waals surface area (Å²) in [4.78, 5) is 11.1. The summed E-state index contributed by atoms with van der Waals surface area (Å²) in [6.07, 6.45) is 0.950. The minimum absolute atomic E-state index is 0.414. The molecule has 0 unspecified atom stereocenters. The molecule has 0 heterocycles. The molecule has 1 aliphatic carbocycles. The van der Waals surface area contributed by atoms with E-state index in [1.165, 1.54) is 12.1 Å². The first kappa shape index (κ1) is 13.0. The Morgan fingerprint density at radius 3 is 2.22 bits per heavy atom. The van der Waals surface area contributed by atoms with Gasteiger partial charge in [0.25, 0.3) is 0 Å². The Hall–Kier alpha value is -1.47. The lowest BCUT2D eigenvalue weighted by Crippen LogP contribution is -2.39. The van der Waals surface area contributed by atoms with E-state index in [1.54, 1.807) is 0 Å². The zero-order chi connectivity index (χ0) is 13.7. The van der Waals surface area contributed by atoms with E-state index in [2.05, 4.69) is 0 Å². The summed E-state index contributed by atoms with van der Waals surface area (Å²) in [5, 5.41) is 7.90. The van der Waals surface area contributed by atoms with Gasteiger partial charge in [0.2, 0.25) is 0 Å². The quantitative estimate of drug-likeness (QED) is 0.815. The summed E-state index contributed by atoms with van der Waals surface area (Å²) in [6, 6.07) is 5.01. The summed E-state index contributed by atoms with van der Waals surface area (Å²) in [6.45, 7) is 0. The molecule has 98 valence electrons. The topological polar surface area (TPSA) is 97.5 Å². The third kappa shape index (κ3) is 1.79. The van der Waals surface area contributed by atoms with Crippen LogP contribution in [-0.2, 0) is 14.6 Å². The number of carboxylic acid groups (broad SMARTS) is 1. The summed E-state index contributed by atoms with van der Waals surface area (Å²) >= 11 is 0. The number of carbonyl (C=O) groups is 1. The van der Waals surface area contributed by atoms with Crippen molar-refractivity contribution in [1.82, 2.24) is 0 Å². The van der Waals surface area contributed by atoms with Gasteiger partial charge in [-0.15, -0.1) is 0 Å². The van der Waals surface area contributed by atoms with Gasteiger partial charge in [0.1, 0.15) is 11.4 Å². The van der Waals surface area contributed by atoms with Crippen LogP contribution in [0.1, 0.15) is 11.5 Å². The summed E-state index contributed by atoms with van der Waals surface area (Å²) < 4.78 is 35.9. The lowest BCUT2D eigenvalue weighted by Gasteiger charge is -2.04. The molecule has 1 aromatic rings. The van der Waals surface area contributed by atoms with Gasteiger partial charge in [0, 0.05) is 12.2 Å². The maximum Gasteiger partial charge on any atom is 0.325 e. The second kappa shape index (κ2) is 3.76. The maximum atomic E-state index is 12.8. The number of sulfone groups is 1. The van der Waals surface area contributed by atoms with E-state index < -0.39 is 38.3 Å². The molecule has 2 rings (SSSR count). The van der Waals surface area contributed by atoms with Crippen molar-refractivity contribution in [3.8, 4) is 0 Å². The van der Waals surface area contributed by atoms with Crippen LogP contribution in [0, 0.1) is 5.82 Å². The van der Waals surface area contributed by atoms with E-state index in [1.807, 2.05) is 0 Å². The molecule has 1 fully saturated rings. The number of halogens is 1. The second-order valence-electron chi connectivity index (χ2n) is 4.52. The molecular formula is C11H12FNO4S. The number of nitrogens with two attached hydrogens (primary N) is 1. The molecule has 5 nitrogen and oxygen atoms in total. The zero-order valence-electron chi connectivity index (χ0n) is 9.50. The second-order valence-corrected chi connectivity index (χ2v) is 6.68. The molecule has 3 N–H and O–H groups in total. The highest BCUT2D eigenvalue weighted by atomic mass is 32.2. The van der Waals surface area contributed by atoms with Gasteiger partial charge < -0.3 is 10.8 Å².